The highest BCUT2D eigenvalue weighted by atomic mass is 16.5. The molecule has 1 aliphatic carbocycles. The Balaban J connectivity index is 1.73. The highest BCUT2D eigenvalue weighted by Gasteiger charge is 2.28. The Morgan fingerprint density at radius 3 is 2.72 bits per heavy atom. The van der Waals surface area contributed by atoms with E-state index < -0.39 is 12.1 Å². The van der Waals surface area contributed by atoms with E-state index in [0.717, 1.165) is 35.7 Å². The summed E-state index contributed by atoms with van der Waals surface area (Å²) in [4.78, 5) is 28.6. The summed E-state index contributed by atoms with van der Waals surface area (Å²) in [5, 5.41) is 7.04. The van der Waals surface area contributed by atoms with Crippen LogP contribution in [-0.4, -0.2) is 35.7 Å². The summed E-state index contributed by atoms with van der Waals surface area (Å²) in [7, 11) is 0. The number of benzene rings is 1. The molecule has 0 spiro atoms. The van der Waals surface area contributed by atoms with E-state index in [9.17, 15) is 9.59 Å². The predicted octanol–water partition coefficient (Wildman–Crippen LogP) is 4.16. The van der Waals surface area contributed by atoms with Crippen molar-refractivity contribution in [1.82, 2.24) is 15.6 Å². The summed E-state index contributed by atoms with van der Waals surface area (Å²) >= 11 is 0. The largest absolute Gasteiger partial charge is 0.449 e. The zero-order valence-electron chi connectivity index (χ0n) is 17.7. The number of H-pyrrole nitrogens is 1. The fourth-order valence-electron chi connectivity index (χ4n) is 3.97. The van der Waals surface area contributed by atoms with Gasteiger partial charge in [-0.15, -0.1) is 0 Å². The molecule has 1 fully saturated rings. The average molecular weight is 400 g/mol. The van der Waals surface area contributed by atoms with Crippen molar-refractivity contribution in [3.05, 3.63) is 36.0 Å². The van der Waals surface area contributed by atoms with Crippen LogP contribution in [0.15, 0.2) is 30.5 Å². The third kappa shape index (κ3) is 5.75. The number of alkyl carbamates (subject to hydrolysis) is 1. The number of nitrogens with one attached hydrogen (secondary N) is 3. The van der Waals surface area contributed by atoms with Gasteiger partial charge in [-0.1, -0.05) is 51.8 Å². The number of fused-ring (bicyclic) bond motifs is 1. The van der Waals surface area contributed by atoms with Crippen LogP contribution in [0.25, 0.3) is 10.9 Å². The lowest BCUT2D eigenvalue weighted by molar-refractivity contribution is -0.124. The molecule has 2 amide bonds. The second-order valence-corrected chi connectivity index (χ2v) is 8.63. The molecule has 6 heteroatoms. The fraction of sp³-hybridized carbons (Fsp3) is 0.565. The van der Waals surface area contributed by atoms with Gasteiger partial charge in [-0.2, -0.15) is 0 Å². The summed E-state index contributed by atoms with van der Waals surface area (Å²) in [6, 6.07) is 7.46. The van der Waals surface area contributed by atoms with Crippen LogP contribution in [-0.2, 0) is 16.0 Å². The van der Waals surface area contributed by atoms with E-state index in [2.05, 4.69) is 22.5 Å². The normalized spacial score (nSPS) is 20.4. The van der Waals surface area contributed by atoms with Crippen molar-refractivity contribution in [2.45, 2.75) is 65.0 Å². The molecular weight excluding hydrogens is 366 g/mol. The lowest BCUT2D eigenvalue weighted by atomic mass is 9.85. The highest BCUT2D eigenvalue weighted by Crippen LogP contribution is 2.24. The van der Waals surface area contributed by atoms with E-state index in [-0.39, 0.29) is 17.9 Å². The second-order valence-electron chi connectivity index (χ2n) is 8.63. The first-order valence-electron chi connectivity index (χ1n) is 10.7. The molecule has 0 aliphatic heterocycles. The van der Waals surface area contributed by atoms with E-state index in [0.29, 0.717) is 18.9 Å². The van der Waals surface area contributed by atoms with Gasteiger partial charge in [0.15, 0.2) is 0 Å². The first-order valence-corrected chi connectivity index (χ1v) is 10.7. The minimum atomic E-state index is -0.678. The SMILES string of the molecule is CC(C)COC(=O)N[C@@H](Cc1c[nH]c2ccccc12)C(=O)N[C@H]1CCCC[C@H]1C. The van der Waals surface area contributed by atoms with E-state index in [1.165, 1.54) is 6.42 Å². The monoisotopic (exact) mass is 399 g/mol. The first-order chi connectivity index (χ1) is 13.9. The number of ether oxygens (including phenoxy) is 1. The highest BCUT2D eigenvalue weighted by molar-refractivity contribution is 5.88. The number of carbonyl (C=O) groups is 2. The number of aromatic amines is 1. The van der Waals surface area contributed by atoms with Gasteiger partial charge in [0.05, 0.1) is 6.61 Å². The lowest BCUT2D eigenvalue weighted by Gasteiger charge is -2.31. The molecule has 2 aromatic rings. The predicted molar refractivity (Wildman–Crippen MR) is 115 cm³/mol. The van der Waals surface area contributed by atoms with Crippen molar-refractivity contribution in [1.29, 1.82) is 0 Å². The fourth-order valence-corrected chi connectivity index (χ4v) is 3.97. The molecule has 0 radical (unpaired) electrons. The third-order valence-corrected chi connectivity index (χ3v) is 5.69. The molecule has 158 valence electrons. The Labute approximate surface area is 172 Å². The molecule has 0 unspecified atom stereocenters. The maximum absolute atomic E-state index is 13.1. The Bertz CT molecular complexity index is 830. The van der Waals surface area contributed by atoms with E-state index in [4.69, 9.17) is 4.74 Å². The van der Waals surface area contributed by atoms with Gasteiger partial charge in [-0.05, 0) is 36.3 Å². The molecule has 6 nitrogen and oxygen atoms in total. The summed E-state index contributed by atoms with van der Waals surface area (Å²) in [5.74, 6) is 0.551. The van der Waals surface area contributed by atoms with Gasteiger partial charge in [-0.25, -0.2) is 4.79 Å². The maximum Gasteiger partial charge on any atom is 0.407 e. The molecule has 3 N–H and O–H groups in total. The summed E-state index contributed by atoms with van der Waals surface area (Å²) < 4.78 is 5.26. The first kappa shape index (κ1) is 21.2. The zero-order valence-corrected chi connectivity index (χ0v) is 17.7. The molecule has 0 bridgehead atoms. The molecular formula is C23H33N3O3. The summed E-state index contributed by atoms with van der Waals surface area (Å²) in [5.41, 5.74) is 2.02. The number of carbonyl (C=O) groups excluding carboxylic acids is 2. The van der Waals surface area contributed by atoms with E-state index in [1.54, 1.807) is 0 Å². The topological polar surface area (TPSA) is 83.2 Å². The Morgan fingerprint density at radius 2 is 1.97 bits per heavy atom. The van der Waals surface area contributed by atoms with Crippen molar-refractivity contribution < 1.29 is 14.3 Å². The van der Waals surface area contributed by atoms with Gasteiger partial charge in [0.25, 0.3) is 0 Å². The minimum Gasteiger partial charge on any atom is -0.449 e. The molecule has 0 saturated heterocycles. The number of rotatable bonds is 7. The Morgan fingerprint density at radius 1 is 1.21 bits per heavy atom. The van der Waals surface area contributed by atoms with Gasteiger partial charge in [0.1, 0.15) is 6.04 Å². The van der Waals surface area contributed by atoms with E-state index >= 15 is 0 Å². The summed E-state index contributed by atoms with van der Waals surface area (Å²) in [6.45, 7) is 6.47. The van der Waals surface area contributed by atoms with Crippen molar-refractivity contribution in [2.75, 3.05) is 6.61 Å². The van der Waals surface area contributed by atoms with Gasteiger partial charge >= 0.3 is 6.09 Å². The van der Waals surface area contributed by atoms with Gasteiger partial charge in [0.2, 0.25) is 5.91 Å². The Hall–Kier alpha value is -2.50. The Kier molecular flexibility index (Phi) is 7.18. The molecule has 3 atom stereocenters. The van der Waals surface area contributed by atoms with Crippen LogP contribution in [0.2, 0.25) is 0 Å². The molecule has 29 heavy (non-hydrogen) atoms. The number of hydrogen-bond donors (Lipinski definition) is 3. The summed E-state index contributed by atoms with van der Waals surface area (Å²) in [6.07, 6.45) is 6.24. The molecule has 1 aliphatic rings. The average Bonchev–Trinajstić information content (AvgIpc) is 3.10. The second kappa shape index (κ2) is 9.81. The van der Waals surface area contributed by atoms with Crippen LogP contribution in [0, 0.1) is 11.8 Å². The van der Waals surface area contributed by atoms with Crippen LogP contribution < -0.4 is 10.6 Å². The molecule has 3 rings (SSSR count). The van der Waals surface area contributed by atoms with E-state index in [1.807, 2.05) is 44.3 Å². The smallest absolute Gasteiger partial charge is 0.407 e. The molecule has 1 heterocycles. The van der Waals surface area contributed by atoms with Crippen molar-refractivity contribution in [2.24, 2.45) is 11.8 Å². The van der Waals surface area contributed by atoms with Crippen LogP contribution in [0.5, 0.6) is 0 Å². The third-order valence-electron chi connectivity index (χ3n) is 5.69. The van der Waals surface area contributed by atoms with Gasteiger partial charge < -0.3 is 20.4 Å². The molecule has 1 saturated carbocycles. The van der Waals surface area contributed by atoms with Crippen molar-refractivity contribution >= 4 is 22.9 Å². The standard InChI is InChI=1S/C23H33N3O3/c1-15(2)14-29-23(28)26-21(22(27)25-19-10-6-4-8-16(19)3)12-17-13-24-20-11-7-5-9-18(17)20/h5,7,9,11,13,15-16,19,21,24H,4,6,8,10,12,14H2,1-3H3,(H,25,27)(H,26,28)/t16-,19+,21+/m1/s1. The molecule has 1 aromatic heterocycles. The van der Waals surface area contributed by atoms with Gasteiger partial charge in [0, 0.05) is 29.6 Å². The van der Waals surface area contributed by atoms with Crippen molar-refractivity contribution in [3.63, 3.8) is 0 Å². The van der Waals surface area contributed by atoms with Gasteiger partial charge in [-0.3, -0.25) is 4.79 Å². The minimum absolute atomic E-state index is 0.143. The number of hydrogen-bond acceptors (Lipinski definition) is 3. The van der Waals surface area contributed by atoms with Crippen molar-refractivity contribution in [3.8, 4) is 0 Å². The number of aromatic nitrogens is 1. The maximum atomic E-state index is 13.1. The lowest BCUT2D eigenvalue weighted by Crippen LogP contribution is -2.52. The number of amides is 2. The molecule has 1 aromatic carbocycles. The van der Waals surface area contributed by atoms with Crippen LogP contribution >= 0.6 is 0 Å². The number of para-hydroxylation sites is 1. The van der Waals surface area contributed by atoms with Crippen LogP contribution in [0.1, 0.15) is 52.0 Å². The van der Waals surface area contributed by atoms with Crippen LogP contribution in [0.4, 0.5) is 4.79 Å². The zero-order chi connectivity index (χ0) is 20.8. The van der Waals surface area contributed by atoms with Crippen LogP contribution in [0.3, 0.4) is 0 Å². The quantitative estimate of drug-likeness (QED) is 0.654.